The molecule has 1 aromatic carbocycles. The first kappa shape index (κ1) is 11.7. The number of nitrogens with one attached hydrogen (secondary N) is 1. The highest BCUT2D eigenvalue weighted by Gasteiger charge is 2.15. The fraction of sp³-hybridized carbons (Fsp3) is 0.273. The Morgan fingerprint density at radius 3 is 2.76 bits per heavy atom. The number of aryl methyl sites for hydroxylation is 1. The van der Waals surface area contributed by atoms with Gasteiger partial charge in [-0.25, -0.2) is 8.78 Å². The van der Waals surface area contributed by atoms with E-state index in [0.29, 0.717) is 17.9 Å². The van der Waals surface area contributed by atoms with Gasteiger partial charge in [-0.3, -0.25) is 0 Å². The molecule has 1 heterocycles. The molecule has 4 nitrogen and oxygen atoms in total. The molecule has 90 valence electrons. The highest BCUT2D eigenvalue weighted by Crippen LogP contribution is 2.23. The number of hydrogen-bond donors (Lipinski definition) is 1. The van der Waals surface area contributed by atoms with Crippen LogP contribution < -0.4 is 5.32 Å². The van der Waals surface area contributed by atoms with Crippen molar-refractivity contribution in [2.45, 2.75) is 13.5 Å². The van der Waals surface area contributed by atoms with Crippen LogP contribution in [-0.2, 0) is 6.54 Å². The number of rotatable bonds is 3. The zero-order chi connectivity index (χ0) is 12.4. The Hall–Kier alpha value is -1.82. The predicted molar refractivity (Wildman–Crippen MR) is 57.2 cm³/mol. The lowest BCUT2D eigenvalue weighted by Crippen LogP contribution is -2.06. The Bertz CT molecular complexity index is 540. The fourth-order valence-electron chi connectivity index (χ4n) is 1.41. The number of nitrogens with zero attached hydrogens (tertiary/aromatic N) is 2. The molecule has 0 spiro atoms. The first-order valence-corrected chi connectivity index (χ1v) is 5.05. The maximum Gasteiger partial charge on any atom is 0.260 e. The second-order valence-electron chi connectivity index (χ2n) is 3.63. The lowest BCUT2D eigenvalue weighted by molar-refractivity contribution is 0.418. The van der Waals surface area contributed by atoms with Gasteiger partial charge < -0.3 is 9.84 Å². The molecule has 0 saturated carbocycles. The van der Waals surface area contributed by atoms with Crippen molar-refractivity contribution in [1.29, 1.82) is 0 Å². The molecular weight excluding hydrogens is 228 g/mol. The summed E-state index contributed by atoms with van der Waals surface area (Å²) in [6, 6.07) is 2.16. The summed E-state index contributed by atoms with van der Waals surface area (Å²) in [7, 11) is 1.73. The van der Waals surface area contributed by atoms with Crippen molar-refractivity contribution in [2.24, 2.45) is 0 Å². The van der Waals surface area contributed by atoms with Gasteiger partial charge in [0.1, 0.15) is 11.6 Å². The van der Waals surface area contributed by atoms with Crippen LogP contribution in [0.2, 0.25) is 0 Å². The molecule has 0 aliphatic carbocycles. The number of aromatic nitrogens is 2. The van der Waals surface area contributed by atoms with Crippen LogP contribution in [-0.4, -0.2) is 17.2 Å². The van der Waals surface area contributed by atoms with E-state index in [-0.39, 0.29) is 11.5 Å². The maximum atomic E-state index is 13.5. The van der Waals surface area contributed by atoms with Gasteiger partial charge in [0.25, 0.3) is 5.89 Å². The molecule has 0 radical (unpaired) electrons. The Morgan fingerprint density at radius 1 is 1.29 bits per heavy atom. The van der Waals surface area contributed by atoms with Crippen LogP contribution in [0.4, 0.5) is 8.78 Å². The fourth-order valence-corrected chi connectivity index (χ4v) is 1.41. The van der Waals surface area contributed by atoms with E-state index >= 15 is 0 Å². The molecule has 0 aliphatic heterocycles. The largest absolute Gasteiger partial charge is 0.334 e. The first-order chi connectivity index (χ1) is 8.11. The van der Waals surface area contributed by atoms with Crippen molar-refractivity contribution in [3.05, 3.63) is 35.2 Å². The van der Waals surface area contributed by atoms with Gasteiger partial charge in [-0.05, 0) is 25.6 Å². The van der Waals surface area contributed by atoms with Crippen molar-refractivity contribution in [1.82, 2.24) is 15.5 Å². The van der Waals surface area contributed by atoms with Gasteiger partial charge in [0.2, 0.25) is 0 Å². The van der Waals surface area contributed by atoms with Crippen LogP contribution in [0.3, 0.4) is 0 Å². The summed E-state index contributed by atoms with van der Waals surface area (Å²) in [6.07, 6.45) is 0. The summed E-state index contributed by atoms with van der Waals surface area (Å²) in [5.74, 6) is -0.839. The summed E-state index contributed by atoms with van der Waals surface area (Å²) in [4.78, 5) is 4.00. The first-order valence-electron chi connectivity index (χ1n) is 5.05. The van der Waals surface area contributed by atoms with E-state index in [9.17, 15) is 8.78 Å². The zero-order valence-electron chi connectivity index (χ0n) is 9.42. The zero-order valence-corrected chi connectivity index (χ0v) is 9.42. The van der Waals surface area contributed by atoms with E-state index in [1.54, 1.807) is 14.0 Å². The highest BCUT2D eigenvalue weighted by atomic mass is 19.1. The van der Waals surface area contributed by atoms with Crippen LogP contribution in [0.5, 0.6) is 0 Å². The summed E-state index contributed by atoms with van der Waals surface area (Å²) in [5.41, 5.74) is 0.438. The lowest BCUT2D eigenvalue weighted by atomic mass is 10.1. The van der Waals surface area contributed by atoms with E-state index < -0.39 is 11.6 Å². The van der Waals surface area contributed by atoms with E-state index in [2.05, 4.69) is 15.5 Å². The smallest absolute Gasteiger partial charge is 0.260 e. The van der Waals surface area contributed by atoms with Gasteiger partial charge in [0.05, 0.1) is 12.1 Å². The molecule has 17 heavy (non-hydrogen) atoms. The standard InChI is InChI=1S/C11H11F2N3O/c1-6-3-7(9(13)4-8(6)12)11-15-10(5-14-2)16-17-11/h3-4,14H,5H2,1-2H3. The van der Waals surface area contributed by atoms with Gasteiger partial charge in [-0.1, -0.05) is 5.16 Å². The minimum Gasteiger partial charge on any atom is -0.334 e. The predicted octanol–water partition coefficient (Wildman–Crippen LogP) is 2.04. The Balaban J connectivity index is 2.41. The molecule has 0 unspecified atom stereocenters. The minimum absolute atomic E-state index is 0.0517. The molecule has 0 fully saturated rings. The molecular formula is C11H11F2N3O. The highest BCUT2D eigenvalue weighted by molar-refractivity contribution is 5.55. The van der Waals surface area contributed by atoms with E-state index in [1.807, 2.05) is 0 Å². The average Bonchev–Trinajstić information content (AvgIpc) is 2.72. The Kier molecular flexibility index (Phi) is 3.14. The number of hydrogen-bond acceptors (Lipinski definition) is 4. The molecule has 1 N–H and O–H groups in total. The SMILES string of the molecule is CNCc1noc(-c2cc(C)c(F)cc2F)n1. The third-order valence-electron chi connectivity index (χ3n) is 2.28. The van der Waals surface area contributed by atoms with Gasteiger partial charge in [0, 0.05) is 6.07 Å². The van der Waals surface area contributed by atoms with Crippen molar-refractivity contribution >= 4 is 0 Å². The van der Waals surface area contributed by atoms with Crippen LogP contribution in [0.1, 0.15) is 11.4 Å². The van der Waals surface area contributed by atoms with Gasteiger partial charge in [0.15, 0.2) is 5.82 Å². The monoisotopic (exact) mass is 239 g/mol. The minimum atomic E-state index is -0.715. The maximum absolute atomic E-state index is 13.5. The topological polar surface area (TPSA) is 51.0 Å². The van der Waals surface area contributed by atoms with E-state index in [0.717, 1.165) is 6.07 Å². The van der Waals surface area contributed by atoms with Crippen molar-refractivity contribution < 1.29 is 13.3 Å². The summed E-state index contributed by atoms with van der Waals surface area (Å²) < 4.78 is 31.5. The van der Waals surface area contributed by atoms with Crippen molar-refractivity contribution in [3.8, 4) is 11.5 Å². The molecule has 6 heteroatoms. The molecule has 2 aromatic rings. The van der Waals surface area contributed by atoms with Crippen LogP contribution in [0.25, 0.3) is 11.5 Å². The third-order valence-corrected chi connectivity index (χ3v) is 2.28. The molecule has 0 aliphatic rings. The van der Waals surface area contributed by atoms with Crippen LogP contribution in [0.15, 0.2) is 16.7 Å². The number of halogens is 2. The van der Waals surface area contributed by atoms with Crippen molar-refractivity contribution in [3.63, 3.8) is 0 Å². The summed E-state index contributed by atoms with van der Waals surface area (Å²) in [6.45, 7) is 1.97. The van der Waals surface area contributed by atoms with Crippen LogP contribution >= 0.6 is 0 Å². The Labute approximate surface area is 96.6 Å². The van der Waals surface area contributed by atoms with Gasteiger partial charge in [-0.15, -0.1) is 0 Å². The van der Waals surface area contributed by atoms with Gasteiger partial charge in [-0.2, -0.15) is 4.98 Å². The number of benzene rings is 1. The van der Waals surface area contributed by atoms with E-state index in [4.69, 9.17) is 4.52 Å². The summed E-state index contributed by atoms with van der Waals surface area (Å²) in [5, 5.41) is 6.51. The second kappa shape index (κ2) is 4.58. The third kappa shape index (κ3) is 2.31. The average molecular weight is 239 g/mol. The molecule has 0 amide bonds. The quantitative estimate of drug-likeness (QED) is 0.890. The molecule has 0 bridgehead atoms. The van der Waals surface area contributed by atoms with Gasteiger partial charge >= 0.3 is 0 Å². The molecule has 0 saturated heterocycles. The summed E-state index contributed by atoms with van der Waals surface area (Å²) >= 11 is 0. The Morgan fingerprint density at radius 2 is 2.06 bits per heavy atom. The lowest BCUT2D eigenvalue weighted by Gasteiger charge is -2.00. The normalized spacial score (nSPS) is 10.8. The van der Waals surface area contributed by atoms with Crippen molar-refractivity contribution in [2.75, 3.05) is 7.05 Å². The molecule has 1 aromatic heterocycles. The van der Waals surface area contributed by atoms with Crippen LogP contribution in [0, 0.1) is 18.6 Å². The van der Waals surface area contributed by atoms with E-state index in [1.165, 1.54) is 6.07 Å². The molecule has 0 atom stereocenters. The molecule has 2 rings (SSSR count). The second-order valence-corrected chi connectivity index (χ2v) is 3.63.